The lowest BCUT2D eigenvalue weighted by molar-refractivity contribution is 0.916. The molecule has 0 aromatic rings. The van der Waals surface area contributed by atoms with E-state index in [1.165, 1.54) is 0 Å². The Morgan fingerprint density at radius 2 is 2.44 bits per heavy atom. The molecule has 48 valence electrons. The van der Waals surface area contributed by atoms with E-state index in [4.69, 9.17) is 11.6 Å². The molecule has 0 unspecified atom stereocenters. The highest BCUT2D eigenvalue weighted by Crippen LogP contribution is 2.16. The fourth-order valence-corrected chi connectivity index (χ4v) is 0.987. The van der Waals surface area contributed by atoms with Gasteiger partial charge in [-0.3, -0.25) is 5.43 Å². The van der Waals surface area contributed by atoms with Gasteiger partial charge in [0.15, 0.2) is 5.17 Å². The average Bonchev–Trinajstić information content (AvgIpc) is 1.80. The topological polar surface area (TPSA) is 24.4 Å². The number of nitrogens with one attached hydrogen (secondary N) is 1. The number of hydrogen-bond donors (Lipinski definition) is 1. The Morgan fingerprint density at radius 1 is 1.78 bits per heavy atom. The average molecular weight is 207 g/mol. The maximum Gasteiger partial charge on any atom is 0.150 e. The molecule has 0 aliphatic carbocycles. The molecular formula is C5H4BrClN2. The first-order chi connectivity index (χ1) is 4.20. The normalized spacial score (nSPS) is 18.2. The van der Waals surface area contributed by atoms with E-state index < -0.39 is 0 Å². The van der Waals surface area contributed by atoms with Gasteiger partial charge in [-0.1, -0.05) is 18.2 Å². The molecule has 0 fully saturated rings. The smallest absolute Gasteiger partial charge is 0.150 e. The minimum absolute atomic E-state index is 0.425. The highest BCUT2D eigenvalue weighted by molar-refractivity contribution is 9.12. The molecule has 0 aromatic carbocycles. The first-order valence-electron chi connectivity index (χ1n) is 2.26. The van der Waals surface area contributed by atoms with Gasteiger partial charge in [0.25, 0.3) is 0 Å². The van der Waals surface area contributed by atoms with Gasteiger partial charge in [-0.05, 0) is 22.0 Å². The lowest BCUT2D eigenvalue weighted by atomic mass is 10.4. The third-order valence-corrected chi connectivity index (χ3v) is 1.73. The van der Waals surface area contributed by atoms with Crippen LogP contribution in [0.3, 0.4) is 0 Å². The molecule has 0 bridgehead atoms. The summed E-state index contributed by atoms with van der Waals surface area (Å²) in [5.41, 5.74) is 3.35. The molecule has 0 saturated carbocycles. The summed E-state index contributed by atoms with van der Waals surface area (Å²) < 4.78 is 0.836. The summed E-state index contributed by atoms with van der Waals surface area (Å²) in [5, 5.41) is 4.11. The lowest BCUT2D eigenvalue weighted by Crippen LogP contribution is -2.10. The molecular weight excluding hydrogens is 203 g/mol. The molecule has 0 aromatic heterocycles. The van der Waals surface area contributed by atoms with Gasteiger partial charge < -0.3 is 0 Å². The van der Waals surface area contributed by atoms with Crippen molar-refractivity contribution >= 4 is 32.7 Å². The fraction of sp³-hybridized carbons (Fsp3) is 0. The zero-order chi connectivity index (χ0) is 6.85. The Morgan fingerprint density at radius 3 is 2.89 bits per heavy atom. The molecule has 0 atom stereocenters. The first-order valence-corrected chi connectivity index (χ1v) is 3.43. The number of rotatable bonds is 0. The third kappa shape index (κ3) is 1.56. The van der Waals surface area contributed by atoms with Crippen LogP contribution in [0.15, 0.2) is 27.9 Å². The summed E-state index contributed by atoms with van der Waals surface area (Å²) in [7, 11) is 0. The minimum atomic E-state index is 0.425. The van der Waals surface area contributed by atoms with Gasteiger partial charge in [0.1, 0.15) is 0 Å². The second-order valence-corrected chi connectivity index (χ2v) is 2.76. The molecule has 0 amide bonds. The van der Waals surface area contributed by atoms with Gasteiger partial charge in [-0.25, -0.2) is 0 Å². The Balaban J connectivity index is 2.87. The van der Waals surface area contributed by atoms with Crippen LogP contribution in [0.2, 0.25) is 0 Å². The predicted octanol–water partition coefficient (Wildman–Crippen LogP) is 1.93. The third-order valence-electron chi connectivity index (χ3n) is 0.832. The number of nitrogens with zero attached hydrogens (tertiary/aromatic N) is 1. The first kappa shape index (κ1) is 6.83. The second kappa shape index (κ2) is 2.54. The molecule has 0 spiro atoms. The van der Waals surface area contributed by atoms with Crippen molar-refractivity contribution in [1.29, 1.82) is 0 Å². The summed E-state index contributed by atoms with van der Waals surface area (Å²) in [6.45, 7) is 3.64. The van der Waals surface area contributed by atoms with Crippen LogP contribution in [-0.4, -0.2) is 5.17 Å². The van der Waals surface area contributed by atoms with E-state index in [0.29, 0.717) is 5.17 Å². The van der Waals surface area contributed by atoms with Gasteiger partial charge >= 0.3 is 0 Å². The van der Waals surface area contributed by atoms with Crippen LogP contribution in [-0.2, 0) is 0 Å². The van der Waals surface area contributed by atoms with Gasteiger partial charge in [-0.2, -0.15) is 5.10 Å². The van der Waals surface area contributed by atoms with Crippen molar-refractivity contribution in [1.82, 2.24) is 5.43 Å². The van der Waals surface area contributed by atoms with Crippen molar-refractivity contribution in [2.24, 2.45) is 5.10 Å². The van der Waals surface area contributed by atoms with Crippen molar-refractivity contribution < 1.29 is 0 Å². The Labute approximate surface area is 66.4 Å². The number of hydrogen-bond acceptors (Lipinski definition) is 2. The van der Waals surface area contributed by atoms with Crippen LogP contribution < -0.4 is 5.43 Å². The van der Waals surface area contributed by atoms with Crippen molar-refractivity contribution in [2.45, 2.75) is 0 Å². The van der Waals surface area contributed by atoms with Crippen LogP contribution in [0.4, 0.5) is 0 Å². The van der Waals surface area contributed by atoms with Crippen molar-refractivity contribution in [3.8, 4) is 0 Å². The van der Waals surface area contributed by atoms with E-state index in [-0.39, 0.29) is 0 Å². The van der Waals surface area contributed by atoms with Crippen LogP contribution in [0, 0.1) is 0 Å². The largest absolute Gasteiger partial charge is 0.277 e. The molecule has 1 heterocycles. The van der Waals surface area contributed by atoms with Crippen LogP contribution in [0.1, 0.15) is 0 Å². The quantitative estimate of drug-likeness (QED) is 0.645. The van der Waals surface area contributed by atoms with Crippen molar-refractivity contribution in [3.05, 3.63) is 22.8 Å². The summed E-state index contributed by atoms with van der Waals surface area (Å²) in [6.07, 6.45) is 1.68. The molecule has 0 saturated heterocycles. The van der Waals surface area contributed by atoms with Crippen LogP contribution in [0.5, 0.6) is 0 Å². The van der Waals surface area contributed by atoms with Crippen molar-refractivity contribution in [3.63, 3.8) is 0 Å². The van der Waals surface area contributed by atoms with Gasteiger partial charge in [0.2, 0.25) is 0 Å². The van der Waals surface area contributed by atoms with E-state index in [0.717, 1.165) is 10.2 Å². The van der Waals surface area contributed by atoms with Gasteiger partial charge in [0, 0.05) is 4.48 Å². The maximum atomic E-state index is 5.52. The van der Waals surface area contributed by atoms with E-state index in [1.54, 1.807) is 6.08 Å². The molecule has 4 heteroatoms. The molecule has 1 N–H and O–H groups in total. The molecule has 0 radical (unpaired) electrons. The van der Waals surface area contributed by atoms with E-state index in [9.17, 15) is 0 Å². The van der Waals surface area contributed by atoms with E-state index in [1.807, 2.05) is 0 Å². The summed E-state index contributed by atoms with van der Waals surface area (Å²) in [4.78, 5) is 0. The standard InChI is InChI=1S/C5H4BrClN2/c1-3-4(6)2-5(7)9-8-3/h2,8H,1H2. The van der Waals surface area contributed by atoms with Crippen LogP contribution in [0.25, 0.3) is 0 Å². The van der Waals surface area contributed by atoms with Crippen molar-refractivity contribution in [2.75, 3.05) is 0 Å². The van der Waals surface area contributed by atoms with E-state index >= 15 is 0 Å². The van der Waals surface area contributed by atoms with Crippen LogP contribution >= 0.6 is 27.5 Å². The molecule has 1 rings (SSSR count). The molecule has 2 nitrogen and oxygen atoms in total. The monoisotopic (exact) mass is 206 g/mol. The summed E-state index contributed by atoms with van der Waals surface area (Å²) in [5.74, 6) is 0. The van der Waals surface area contributed by atoms with E-state index in [2.05, 4.69) is 33.0 Å². The number of halogens is 2. The fourth-order valence-electron chi connectivity index (χ4n) is 0.398. The minimum Gasteiger partial charge on any atom is -0.277 e. The lowest BCUT2D eigenvalue weighted by Gasteiger charge is -2.07. The summed E-state index contributed by atoms with van der Waals surface area (Å²) >= 11 is 8.74. The molecule has 9 heavy (non-hydrogen) atoms. The maximum absolute atomic E-state index is 5.52. The Hall–Kier alpha value is -0.280. The zero-order valence-electron chi connectivity index (χ0n) is 4.49. The SMILES string of the molecule is C=C1NN=C(Cl)C=C1Br. The Bertz CT molecular complexity index is 207. The predicted molar refractivity (Wildman–Crippen MR) is 42.6 cm³/mol. The second-order valence-electron chi connectivity index (χ2n) is 1.52. The summed E-state index contributed by atoms with van der Waals surface area (Å²) in [6, 6.07) is 0. The molecule has 1 aliphatic rings. The zero-order valence-corrected chi connectivity index (χ0v) is 6.83. The number of allylic oxidation sites excluding steroid dienone is 2. The Kier molecular flexibility index (Phi) is 1.93. The van der Waals surface area contributed by atoms with Gasteiger partial charge in [0.05, 0.1) is 5.70 Å². The number of hydrazone groups is 1. The van der Waals surface area contributed by atoms with Gasteiger partial charge in [-0.15, -0.1) is 0 Å². The highest BCUT2D eigenvalue weighted by atomic mass is 79.9. The molecule has 1 aliphatic heterocycles. The highest BCUT2D eigenvalue weighted by Gasteiger charge is 2.03.